The predicted molar refractivity (Wildman–Crippen MR) is 80.0 cm³/mol. The Balaban J connectivity index is 1.87. The van der Waals surface area contributed by atoms with Crippen molar-refractivity contribution in [2.24, 2.45) is 5.92 Å². The third kappa shape index (κ3) is 4.32. The summed E-state index contributed by atoms with van der Waals surface area (Å²) >= 11 is 0. The third-order valence-electron chi connectivity index (χ3n) is 4.39. The predicted octanol–water partition coefficient (Wildman–Crippen LogP) is 3.89. The summed E-state index contributed by atoms with van der Waals surface area (Å²) in [6, 6.07) is 9.18. The molecule has 0 aromatic heterocycles. The first-order valence-corrected chi connectivity index (χ1v) is 7.60. The van der Waals surface area contributed by atoms with Crippen molar-refractivity contribution in [3.05, 3.63) is 35.4 Å². The zero-order chi connectivity index (χ0) is 13.5. The molecule has 1 fully saturated rings. The van der Waals surface area contributed by atoms with Crippen LogP contribution in [0, 0.1) is 5.92 Å². The Bertz CT molecular complexity index is 371. The summed E-state index contributed by atoms with van der Waals surface area (Å²) in [5.41, 5.74) is 2.67. The second kappa shape index (κ2) is 7.66. The van der Waals surface area contributed by atoms with Crippen LogP contribution in [0.5, 0.6) is 0 Å². The molecule has 1 aliphatic carbocycles. The van der Waals surface area contributed by atoms with Crippen LogP contribution >= 0.6 is 0 Å². The van der Waals surface area contributed by atoms with E-state index in [-0.39, 0.29) is 0 Å². The monoisotopic (exact) mass is 261 g/mol. The summed E-state index contributed by atoms with van der Waals surface area (Å²) < 4.78 is 5.26. The van der Waals surface area contributed by atoms with E-state index in [9.17, 15) is 0 Å². The molecule has 1 aromatic rings. The first-order valence-electron chi connectivity index (χ1n) is 7.60. The van der Waals surface area contributed by atoms with Gasteiger partial charge in [-0.2, -0.15) is 0 Å². The van der Waals surface area contributed by atoms with Gasteiger partial charge < -0.3 is 10.1 Å². The summed E-state index contributed by atoms with van der Waals surface area (Å²) in [7, 11) is 1.76. The summed E-state index contributed by atoms with van der Waals surface area (Å²) in [6.07, 6.45) is 7.05. The molecule has 1 atom stereocenters. The van der Waals surface area contributed by atoms with Gasteiger partial charge in [-0.15, -0.1) is 0 Å². The summed E-state index contributed by atoms with van der Waals surface area (Å²) in [4.78, 5) is 0. The van der Waals surface area contributed by atoms with Gasteiger partial charge >= 0.3 is 0 Å². The van der Waals surface area contributed by atoms with Gasteiger partial charge in [-0.25, -0.2) is 0 Å². The molecule has 0 aliphatic heterocycles. The Morgan fingerprint density at radius 3 is 2.53 bits per heavy atom. The molecule has 1 aromatic carbocycles. The average molecular weight is 261 g/mol. The Kier molecular flexibility index (Phi) is 5.87. The lowest BCUT2D eigenvalue weighted by Crippen LogP contribution is -2.34. The number of nitrogens with one attached hydrogen (secondary N) is 1. The Labute approximate surface area is 117 Å². The fraction of sp³-hybridized carbons (Fsp3) is 0.647. The van der Waals surface area contributed by atoms with Gasteiger partial charge in [-0.1, -0.05) is 43.5 Å². The first-order chi connectivity index (χ1) is 9.31. The Morgan fingerprint density at radius 2 is 1.84 bits per heavy atom. The smallest absolute Gasteiger partial charge is 0.0716 e. The quantitative estimate of drug-likeness (QED) is 0.838. The maximum absolute atomic E-state index is 5.26. The molecular formula is C17H27NO. The van der Waals surface area contributed by atoms with Crippen LogP contribution in [-0.2, 0) is 17.9 Å². The molecule has 0 radical (unpaired) electrons. The molecule has 19 heavy (non-hydrogen) atoms. The first kappa shape index (κ1) is 14.5. The van der Waals surface area contributed by atoms with Crippen molar-refractivity contribution in [2.45, 2.75) is 58.2 Å². The van der Waals surface area contributed by atoms with E-state index in [2.05, 4.69) is 36.5 Å². The van der Waals surface area contributed by atoms with Crippen molar-refractivity contribution < 1.29 is 4.74 Å². The second-order valence-electron chi connectivity index (χ2n) is 5.77. The largest absolute Gasteiger partial charge is 0.380 e. The minimum Gasteiger partial charge on any atom is -0.380 e. The number of rotatable bonds is 6. The van der Waals surface area contributed by atoms with Crippen LogP contribution in [-0.4, -0.2) is 13.2 Å². The highest BCUT2D eigenvalue weighted by atomic mass is 16.5. The molecule has 2 nitrogen and oxygen atoms in total. The van der Waals surface area contributed by atoms with E-state index in [0.29, 0.717) is 12.6 Å². The van der Waals surface area contributed by atoms with Crippen LogP contribution in [0.1, 0.15) is 50.2 Å². The lowest BCUT2D eigenvalue weighted by atomic mass is 9.84. The molecule has 1 unspecified atom stereocenters. The fourth-order valence-electron chi connectivity index (χ4n) is 3.10. The van der Waals surface area contributed by atoms with E-state index in [1.807, 2.05) is 0 Å². The molecule has 0 heterocycles. The average Bonchev–Trinajstić information content (AvgIpc) is 2.47. The zero-order valence-electron chi connectivity index (χ0n) is 12.3. The van der Waals surface area contributed by atoms with Crippen molar-refractivity contribution >= 4 is 0 Å². The van der Waals surface area contributed by atoms with Crippen LogP contribution in [0.2, 0.25) is 0 Å². The minimum absolute atomic E-state index is 0.621. The Morgan fingerprint density at radius 1 is 1.16 bits per heavy atom. The highest BCUT2D eigenvalue weighted by Gasteiger charge is 2.19. The maximum atomic E-state index is 5.26. The highest BCUT2D eigenvalue weighted by molar-refractivity contribution is 5.26. The molecule has 0 amide bonds. The van der Waals surface area contributed by atoms with Gasteiger partial charge in [0.25, 0.3) is 0 Å². The van der Waals surface area contributed by atoms with E-state index in [1.54, 1.807) is 7.11 Å². The molecule has 1 aliphatic rings. The third-order valence-corrected chi connectivity index (χ3v) is 4.39. The summed E-state index contributed by atoms with van der Waals surface area (Å²) in [5.74, 6) is 0.864. The zero-order valence-corrected chi connectivity index (χ0v) is 12.3. The van der Waals surface area contributed by atoms with Gasteiger partial charge in [-0.3, -0.25) is 0 Å². The minimum atomic E-state index is 0.621. The van der Waals surface area contributed by atoms with Crippen LogP contribution < -0.4 is 5.32 Å². The van der Waals surface area contributed by atoms with Gasteiger partial charge in [0.05, 0.1) is 6.61 Å². The molecule has 2 rings (SSSR count). The van der Waals surface area contributed by atoms with Crippen molar-refractivity contribution in [1.29, 1.82) is 0 Å². The molecule has 2 heteroatoms. The van der Waals surface area contributed by atoms with Gasteiger partial charge in [0.15, 0.2) is 0 Å². The van der Waals surface area contributed by atoms with Crippen molar-refractivity contribution in [2.75, 3.05) is 7.11 Å². The van der Waals surface area contributed by atoms with E-state index in [1.165, 1.54) is 43.2 Å². The van der Waals surface area contributed by atoms with Crippen LogP contribution in [0.25, 0.3) is 0 Å². The van der Waals surface area contributed by atoms with Gasteiger partial charge in [0.2, 0.25) is 0 Å². The van der Waals surface area contributed by atoms with Gasteiger partial charge in [-0.05, 0) is 36.8 Å². The van der Waals surface area contributed by atoms with Crippen molar-refractivity contribution in [1.82, 2.24) is 5.32 Å². The SMILES string of the molecule is COCc1ccccc1CNC(C)C1CCCCC1. The number of methoxy groups -OCH3 is 1. The molecule has 106 valence electrons. The fourth-order valence-corrected chi connectivity index (χ4v) is 3.10. The molecule has 0 bridgehead atoms. The van der Waals surface area contributed by atoms with Crippen LogP contribution in [0.15, 0.2) is 24.3 Å². The molecular weight excluding hydrogens is 234 g/mol. The van der Waals surface area contributed by atoms with Gasteiger partial charge in [0.1, 0.15) is 0 Å². The van der Waals surface area contributed by atoms with Crippen molar-refractivity contribution in [3.63, 3.8) is 0 Å². The maximum Gasteiger partial charge on any atom is 0.0716 e. The Hall–Kier alpha value is -0.860. The number of hydrogen-bond acceptors (Lipinski definition) is 2. The standard InChI is InChI=1S/C17H27NO/c1-14(15-8-4-3-5-9-15)18-12-16-10-6-7-11-17(16)13-19-2/h6-7,10-11,14-15,18H,3-5,8-9,12-13H2,1-2H3. The topological polar surface area (TPSA) is 21.3 Å². The van der Waals surface area contributed by atoms with E-state index < -0.39 is 0 Å². The van der Waals surface area contributed by atoms with E-state index in [4.69, 9.17) is 4.74 Å². The lowest BCUT2D eigenvalue weighted by Gasteiger charge is -2.28. The van der Waals surface area contributed by atoms with Crippen molar-refractivity contribution in [3.8, 4) is 0 Å². The summed E-state index contributed by atoms with van der Waals surface area (Å²) in [5, 5.41) is 3.71. The van der Waals surface area contributed by atoms with Crippen LogP contribution in [0.3, 0.4) is 0 Å². The molecule has 1 saturated carbocycles. The van der Waals surface area contributed by atoms with E-state index in [0.717, 1.165) is 12.5 Å². The molecule has 0 saturated heterocycles. The molecule has 0 spiro atoms. The van der Waals surface area contributed by atoms with E-state index >= 15 is 0 Å². The highest BCUT2D eigenvalue weighted by Crippen LogP contribution is 2.26. The number of benzene rings is 1. The van der Waals surface area contributed by atoms with Gasteiger partial charge in [0, 0.05) is 19.7 Å². The number of hydrogen-bond donors (Lipinski definition) is 1. The van der Waals surface area contributed by atoms with Crippen LogP contribution in [0.4, 0.5) is 0 Å². The normalized spacial score (nSPS) is 18.4. The second-order valence-corrected chi connectivity index (χ2v) is 5.77. The lowest BCUT2D eigenvalue weighted by molar-refractivity contribution is 0.183. The molecule has 1 N–H and O–H groups in total. The summed E-state index contributed by atoms with van der Waals surface area (Å²) in [6.45, 7) is 4.00. The number of ether oxygens (including phenoxy) is 1.